The fourth-order valence-electron chi connectivity index (χ4n) is 2.64. The summed E-state index contributed by atoms with van der Waals surface area (Å²) in [5, 5.41) is 16.5. The van der Waals surface area contributed by atoms with E-state index in [1.807, 2.05) is 13.8 Å². The zero-order valence-electron chi connectivity index (χ0n) is 17.4. The second kappa shape index (κ2) is 12.3. The van der Waals surface area contributed by atoms with Crippen LogP contribution in [0.1, 0.15) is 32.4 Å². The van der Waals surface area contributed by atoms with Crippen LogP contribution in [-0.4, -0.2) is 69.3 Å². The molecule has 0 bridgehead atoms. The van der Waals surface area contributed by atoms with E-state index in [1.165, 1.54) is 12.5 Å². The van der Waals surface area contributed by atoms with Crippen LogP contribution < -0.4 is 27.4 Å². The molecule has 0 aliphatic carbocycles. The Balaban J connectivity index is 2.77. The number of carbonyl (C=O) groups excluding carboxylic acids is 4. The number of aromatic amines is 1. The number of carbonyl (C=O) groups is 5. The van der Waals surface area contributed by atoms with Gasteiger partial charge in [0.2, 0.25) is 23.6 Å². The molecule has 13 heteroatoms. The number of nitrogens with one attached hydrogen (secondary N) is 4. The van der Waals surface area contributed by atoms with E-state index in [-0.39, 0.29) is 25.2 Å². The number of hydrogen-bond donors (Lipinski definition) is 7. The molecule has 4 amide bonds. The molecule has 1 aromatic rings. The molecule has 0 aliphatic heterocycles. The van der Waals surface area contributed by atoms with Crippen molar-refractivity contribution in [2.45, 2.75) is 51.2 Å². The predicted octanol–water partition coefficient (Wildman–Crippen LogP) is -2.63. The van der Waals surface area contributed by atoms with Crippen molar-refractivity contribution < 1.29 is 29.1 Å². The first-order valence-electron chi connectivity index (χ1n) is 9.61. The summed E-state index contributed by atoms with van der Waals surface area (Å²) in [6.45, 7) is 3.13. The molecule has 3 unspecified atom stereocenters. The van der Waals surface area contributed by atoms with Gasteiger partial charge in [-0.1, -0.05) is 13.8 Å². The molecule has 1 rings (SSSR count). The molecule has 0 aliphatic rings. The summed E-state index contributed by atoms with van der Waals surface area (Å²) in [7, 11) is 0. The van der Waals surface area contributed by atoms with Gasteiger partial charge >= 0.3 is 5.97 Å². The van der Waals surface area contributed by atoms with Gasteiger partial charge in [0.15, 0.2) is 0 Å². The van der Waals surface area contributed by atoms with Gasteiger partial charge in [0.05, 0.1) is 25.3 Å². The molecule has 3 atom stereocenters. The van der Waals surface area contributed by atoms with Crippen LogP contribution in [0.3, 0.4) is 0 Å². The molecule has 172 valence electrons. The Morgan fingerprint density at radius 2 is 1.81 bits per heavy atom. The monoisotopic (exact) mass is 439 g/mol. The van der Waals surface area contributed by atoms with Crippen LogP contribution in [0.2, 0.25) is 0 Å². The molecule has 0 spiro atoms. The highest BCUT2D eigenvalue weighted by Crippen LogP contribution is 2.06. The van der Waals surface area contributed by atoms with Crippen LogP contribution >= 0.6 is 0 Å². The van der Waals surface area contributed by atoms with Crippen molar-refractivity contribution in [3.8, 4) is 0 Å². The van der Waals surface area contributed by atoms with Gasteiger partial charge in [-0.2, -0.15) is 0 Å². The lowest BCUT2D eigenvalue weighted by Crippen LogP contribution is -2.54. The number of nitrogens with two attached hydrogens (primary N) is 2. The normalized spacial score (nSPS) is 13.7. The average molecular weight is 439 g/mol. The number of carboxylic acids is 1. The van der Waals surface area contributed by atoms with Crippen molar-refractivity contribution in [1.29, 1.82) is 0 Å². The molecule has 13 nitrogen and oxygen atoms in total. The highest BCUT2D eigenvalue weighted by Gasteiger charge is 2.28. The minimum absolute atomic E-state index is 0.0146. The van der Waals surface area contributed by atoms with Gasteiger partial charge in [-0.05, 0) is 12.3 Å². The lowest BCUT2D eigenvalue weighted by molar-refractivity contribution is -0.142. The van der Waals surface area contributed by atoms with Crippen molar-refractivity contribution in [3.05, 3.63) is 18.2 Å². The third-order valence-electron chi connectivity index (χ3n) is 4.13. The molecule has 9 N–H and O–H groups in total. The number of rotatable bonds is 13. The third-order valence-corrected chi connectivity index (χ3v) is 4.13. The van der Waals surface area contributed by atoms with E-state index in [2.05, 4.69) is 25.9 Å². The van der Waals surface area contributed by atoms with Gasteiger partial charge < -0.3 is 37.5 Å². The highest BCUT2D eigenvalue weighted by molar-refractivity contribution is 5.93. The van der Waals surface area contributed by atoms with Crippen molar-refractivity contribution in [2.24, 2.45) is 17.4 Å². The number of aliphatic carboxylic acids is 1. The maximum atomic E-state index is 12.7. The minimum atomic E-state index is -1.21. The lowest BCUT2D eigenvalue weighted by atomic mass is 10.0. The molecule has 1 aromatic heterocycles. The summed E-state index contributed by atoms with van der Waals surface area (Å²) < 4.78 is 0. The van der Waals surface area contributed by atoms with Gasteiger partial charge in [0.1, 0.15) is 12.1 Å². The number of aromatic nitrogens is 2. The zero-order valence-corrected chi connectivity index (χ0v) is 17.4. The molecular weight excluding hydrogens is 410 g/mol. The number of imidazole rings is 1. The van der Waals surface area contributed by atoms with Gasteiger partial charge in [-0.25, -0.2) is 9.78 Å². The summed E-state index contributed by atoms with van der Waals surface area (Å²) in [4.78, 5) is 65.6. The van der Waals surface area contributed by atoms with Crippen LogP contribution in [0, 0.1) is 5.92 Å². The largest absolute Gasteiger partial charge is 0.480 e. The lowest BCUT2D eigenvalue weighted by Gasteiger charge is -2.22. The third kappa shape index (κ3) is 9.71. The maximum absolute atomic E-state index is 12.7. The summed E-state index contributed by atoms with van der Waals surface area (Å²) in [6.07, 6.45) is 2.69. The van der Waals surface area contributed by atoms with Crippen LogP contribution in [-0.2, 0) is 30.4 Å². The summed E-state index contributed by atoms with van der Waals surface area (Å²) in [5.41, 5.74) is 11.0. The van der Waals surface area contributed by atoms with E-state index in [9.17, 15) is 29.1 Å². The molecule has 0 aromatic carbocycles. The molecular formula is C18H29N7O6. The first-order chi connectivity index (χ1) is 14.5. The molecule has 0 saturated heterocycles. The second-order valence-corrected chi connectivity index (χ2v) is 7.42. The van der Waals surface area contributed by atoms with E-state index in [0.717, 1.165) is 0 Å². The topological polar surface area (TPSA) is 222 Å². The smallest absolute Gasteiger partial charge is 0.326 e. The molecule has 31 heavy (non-hydrogen) atoms. The summed E-state index contributed by atoms with van der Waals surface area (Å²) >= 11 is 0. The fourth-order valence-corrected chi connectivity index (χ4v) is 2.64. The molecule has 0 saturated carbocycles. The van der Waals surface area contributed by atoms with Gasteiger partial charge in [-0.3, -0.25) is 19.2 Å². The van der Waals surface area contributed by atoms with Crippen molar-refractivity contribution >= 4 is 29.6 Å². The standard InChI is InChI=1S/C18H29N7O6/c1-9(2)3-13(18(30)31)25-17(29)12(4-10-6-21-8-23-10)24-15(27)7-22-16(28)11(19)5-14(20)26/h6,8-9,11-13H,3-5,7,19H2,1-2H3,(H2,20,26)(H,21,23)(H,22,28)(H,24,27)(H,25,29)(H,30,31). The van der Waals surface area contributed by atoms with Crippen LogP contribution in [0.4, 0.5) is 0 Å². The fraction of sp³-hybridized carbons (Fsp3) is 0.556. The van der Waals surface area contributed by atoms with Crippen LogP contribution in [0.25, 0.3) is 0 Å². The van der Waals surface area contributed by atoms with Gasteiger partial charge in [-0.15, -0.1) is 0 Å². The second-order valence-electron chi connectivity index (χ2n) is 7.42. The average Bonchev–Trinajstić information content (AvgIpc) is 3.17. The number of amides is 4. The number of hydrogen-bond acceptors (Lipinski definition) is 7. The minimum Gasteiger partial charge on any atom is -0.480 e. The van der Waals surface area contributed by atoms with Crippen molar-refractivity contribution in [1.82, 2.24) is 25.9 Å². The van der Waals surface area contributed by atoms with Crippen molar-refractivity contribution in [3.63, 3.8) is 0 Å². The van der Waals surface area contributed by atoms with E-state index in [1.54, 1.807) is 0 Å². The Morgan fingerprint density at radius 1 is 1.13 bits per heavy atom. The summed E-state index contributed by atoms with van der Waals surface area (Å²) in [5.74, 6) is -4.11. The van der Waals surface area contributed by atoms with E-state index in [4.69, 9.17) is 11.5 Å². The number of nitrogens with zero attached hydrogens (tertiary/aromatic N) is 1. The van der Waals surface area contributed by atoms with E-state index < -0.39 is 54.3 Å². The van der Waals surface area contributed by atoms with Crippen LogP contribution in [0.15, 0.2) is 12.5 Å². The Bertz CT molecular complexity index is 780. The molecule has 0 fully saturated rings. The number of primary amides is 1. The van der Waals surface area contributed by atoms with E-state index >= 15 is 0 Å². The first kappa shape index (κ1) is 25.6. The Kier molecular flexibility index (Phi) is 10.1. The zero-order chi connectivity index (χ0) is 23.6. The van der Waals surface area contributed by atoms with Gasteiger partial charge in [0.25, 0.3) is 0 Å². The first-order valence-corrected chi connectivity index (χ1v) is 9.61. The quantitative estimate of drug-likeness (QED) is 0.172. The number of H-pyrrole nitrogens is 1. The SMILES string of the molecule is CC(C)CC(NC(=O)C(Cc1cnc[nH]1)NC(=O)CNC(=O)C(N)CC(N)=O)C(=O)O. The van der Waals surface area contributed by atoms with E-state index in [0.29, 0.717) is 5.69 Å². The molecule has 1 heterocycles. The predicted molar refractivity (Wildman–Crippen MR) is 108 cm³/mol. The highest BCUT2D eigenvalue weighted by atomic mass is 16.4. The Labute approximate surface area is 178 Å². The van der Waals surface area contributed by atoms with Crippen molar-refractivity contribution in [2.75, 3.05) is 6.54 Å². The Hall–Kier alpha value is -3.48. The van der Waals surface area contributed by atoms with Crippen LogP contribution in [0.5, 0.6) is 0 Å². The maximum Gasteiger partial charge on any atom is 0.326 e. The molecule has 0 radical (unpaired) electrons. The number of carboxylic acid groups (broad SMARTS) is 1. The van der Waals surface area contributed by atoms with Gasteiger partial charge in [0, 0.05) is 18.3 Å². The Morgan fingerprint density at radius 3 is 2.32 bits per heavy atom. The summed E-state index contributed by atoms with van der Waals surface area (Å²) in [6, 6.07) is -3.46.